The molecule has 24 heavy (non-hydrogen) atoms. The summed E-state index contributed by atoms with van der Waals surface area (Å²) in [6, 6.07) is 14.8. The molecular formula is C19H18FNO3. The number of halogens is 1. The Morgan fingerprint density at radius 1 is 1.08 bits per heavy atom. The summed E-state index contributed by atoms with van der Waals surface area (Å²) in [5.41, 5.74) is 1.69. The van der Waals surface area contributed by atoms with Gasteiger partial charge in [-0.1, -0.05) is 42.5 Å². The second-order valence-electron chi connectivity index (χ2n) is 5.80. The third-order valence-electron chi connectivity index (χ3n) is 4.09. The lowest BCUT2D eigenvalue weighted by Crippen LogP contribution is -2.39. The average Bonchev–Trinajstić information content (AvgIpc) is 2.96. The first-order chi connectivity index (χ1) is 11.6. The van der Waals surface area contributed by atoms with Gasteiger partial charge in [-0.2, -0.15) is 0 Å². The van der Waals surface area contributed by atoms with Gasteiger partial charge in [0.2, 0.25) is 5.91 Å². The lowest BCUT2D eigenvalue weighted by atomic mass is 10.2. The molecule has 1 aliphatic rings. The fourth-order valence-electron chi connectivity index (χ4n) is 2.79. The Morgan fingerprint density at radius 2 is 1.79 bits per heavy atom. The molecule has 1 aliphatic heterocycles. The number of esters is 1. The molecule has 0 radical (unpaired) electrons. The highest BCUT2D eigenvalue weighted by molar-refractivity contribution is 5.88. The lowest BCUT2D eigenvalue weighted by Gasteiger charge is -2.23. The highest BCUT2D eigenvalue weighted by atomic mass is 19.1. The van der Waals surface area contributed by atoms with E-state index in [-0.39, 0.29) is 24.9 Å². The molecule has 1 fully saturated rings. The van der Waals surface area contributed by atoms with Crippen LogP contribution in [0, 0.1) is 5.82 Å². The Labute approximate surface area is 139 Å². The molecule has 5 heteroatoms. The molecule has 2 aromatic rings. The van der Waals surface area contributed by atoms with E-state index in [0.29, 0.717) is 12.8 Å². The average molecular weight is 327 g/mol. The molecule has 1 saturated heterocycles. The molecule has 0 bridgehead atoms. The van der Waals surface area contributed by atoms with Crippen LogP contribution in [0.4, 0.5) is 4.39 Å². The van der Waals surface area contributed by atoms with Crippen LogP contribution in [0.1, 0.15) is 24.0 Å². The molecule has 0 spiro atoms. The van der Waals surface area contributed by atoms with Crippen molar-refractivity contribution >= 4 is 11.9 Å². The van der Waals surface area contributed by atoms with Crippen LogP contribution in [-0.2, 0) is 27.5 Å². The number of nitrogens with zero attached hydrogens (tertiary/aromatic N) is 1. The van der Waals surface area contributed by atoms with Crippen LogP contribution in [0.3, 0.4) is 0 Å². The number of carbonyl (C=O) groups is 2. The van der Waals surface area contributed by atoms with E-state index in [2.05, 4.69) is 0 Å². The zero-order chi connectivity index (χ0) is 16.9. The van der Waals surface area contributed by atoms with Gasteiger partial charge >= 0.3 is 5.97 Å². The van der Waals surface area contributed by atoms with Crippen LogP contribution >= 0.6 is 0 Å². The first-order valence-electron chi connectivity index (χ1n) is 7.88. The molecule has 0 saturated carbocycles. The van der Waals surface area contributed by atoms with Gasteiger partial charge in [-0.05, 0) is 29.7 Å². The summed E-state index contributed by atoms with van der Waals surface area (Å²) >= 11 is 0. The van der Waals surface area contributed by atoms with Gasteiger partial charge in [0.05, 0.1) is 0 Å². The number of likely N-dealkylation sites (tertiary alicyclic amines) is 1. The maximum absolute atomic E-state index is 13.0. The first kappa shape index (κ1) is 16.2. The smallest absolute Gasteiger partial charge is 0.329 e. The van der Waals surface area contributed by atoms with Gasteiger partial charge in [-0.25, -0.2) is 9.18 Å². The first-order valence-corrected chi connectivity index (χ1v) is 7.88. The molecule has 1 amide bonds. The standard InChI is InChI=1S/C19H18FNO3/c20-16-8-6-14(7-9-16)12-21-17(10-11-18(21)22)19(23)24-13-15-4-2-1-3-5-15/h1-9,17H,10-13H2. The third-order valence-corrected chi connectivity index (χ3v) is 4.09. The summed E-state index contributed by atoms with van der Waals surface area (Å²) in [5, 5.41) is 0. The van der Waals surface area contributed by atoms with Crippen molar-refractivity contribution in [1.82, 2.24) is 4.90 Å². The predicted molar refractivity (Wildman–Crippen MR) is 86.2 cm³/mol. The van der Waals surface area contributed by atoms with Crippen molar-refractivity contribution in [3.05, 3.63) is 71.5 Å². The summed E-state index contributed by atoms with van der Waals surface area (Å²) in [7, 11) is 0. The van der Waals surface area contributed by atoms with Crippen LogP contribution in [0.25, 0.3) is 0 Å². The number of rotatable bonds is 5. The van der Waals surface area contributed by atoms with Crippen LogP contribution in [0.15, 0.2) is 54.6 Å². The molecule has 2 aromatic carbocycles. The topological polar surface area (TPSA) is 46.6 Å². The van der Waals surface area contributed by atoms with Crippen LogP contribution < -0.4 is 0 Å². The SMILES string of the molecule is O=C(OCc1ccccc1)C1CCC(=O)N1Cc1ccc(F)cc1. The van der Waals surface area contributed by atoms with Crippen molar-refractivity contribution in [2.45, 2.75) is 32.0 Å². The minimum Gasteiger partial charge on any atom is -0.459 e. The zero-order valence-electron chi connectivity index (χ0n) is 13.2. The van der Waals surface area contributed by atoms with Crippen LogP contribution in [0.2, 0.25) is 0 Å². The van der Waals surface area contributed by atoms with Crippen molar-refractivity contribution in [2.24, 2.45) is 0 Å². The minimum atomic E-state index is -0.578. The molecular weight excluding hydrogens is 309 g/mol. The van der Waals surface area contributed by atoms with Crippen LogP contribution in [-0.4, -0.2) is 22.8 Å². The molecule has 1 heterocycles. The van der Waals surface area contributed by atoms with E-state index < -0.39 is 12.0 Å². The number of hydrogen-bond acceptors (Lipinski definition) is 3. The Morgan fingerprint density at radius 3 is 2.50 bits per heavy atom. The summed E-state index contributed by atoms with van der Waals surface area (Å²) < 4.78 is 18.3. The number of carbonyl (C=O) groups excluding carboxylic acids is 2. The van der Waals surface area contributed by atoms with E-state index in [4.69, 9.17) is 4.74 Å². The van der Waals surface area contributed by atoms with Crippen molar-refractivity contribution < 1.29 is 18.7 Å². The van der Waals surface area contributed by atoms with E-state index in [9.17, 15) is 14.0 Å². The maximum Gasteiger partial charge on any atom is 0.329 e. The Balaban J connectivity index is 1.63. The molecule has 124 valence electrons. The second kappa shape index (κ2) is 7.25. The zero-order valence-corrected chi connectivity index (χ0v) is 13.2. The normalized spacial score (nSPS) is 17.1. The van der Waals surface area contributed by atoms with Crippen molar-refractivity contribution in [3.63, 3.8) is 0 Å². The Hall–Kier alpha value is -2.69. The molecule has 4 nitrogen and oxygen atoms in total. The number of amides is 1. The number of ether oxygens (including phenoxy) is 1. The Kier molecular flexibility index (Phi) is 4.89. The third kappa shape index (κ3) is 3.79. The van der Waals surface area contributed by atoms with Crippen molar-refractivity contribution in [1.29, 1.82) is 0 Å². The van der Waals surface area contributed by atoms with E-state index >= 15 is 0 Å². The van der Waals surface area contributed by atoms with E-state index in [0.717, 1.165) is 11.1 Å². The fraction of sp³-hybridized carbons (Fsp3) is 0.263. The van der Waals surface area contributed by atoms with E-state index in [1.54, 1.807) is 12.1 Å². The van der Waals surface area contributed by atoms with Gasteiger partial charge in [0.1, 0.15) is 18.5 Å². The molecule has 3 rings (SSSR count). The second-order valence-corrected chi connectivity index (χ2v) is 5.80. The van der Waals surface area contributed by atoms with Gasteiger partial charge in [0, 0.05) is 13.0 Å². The minimum absolute atomic E-state index is 0.0824. The van der Waals surface area contributed by atoms with Crippen LogP contribution in [0.5, 0.6) is 0 Å². The quantitative estimate of drug-likeness (QED) is 0.793. The van der Waals surface area contributed by atoms with Gasteiger partial charge in [-0.15, -0.1) is 0 Å². The van der Waals surface area contributed by atoms with Gasteiger partial charge in [0.25, 0.3) is 0 Å². The van der Waals surface area contributed by atoms with Crippen molar-refractivity contribution in [3.8, 4) is 0 Å². The fourth-order valence-corrected chi connectivity index (χ4v) is 2.79. The predicted octanol–water partition coefficient (Wildman–Crippen LogP) is 3.06. The number of hydrogen-bond donors (Lipinski definition) is 0. The largest absolute Gasteiger partial charge is 0.459 e. The summed E-state index contributed by atoms with van der Waals surface area (Å²) in [6.07, 6.45) is 0.778. The van der Waals surface area contributed by atoms with E-state index in [1.807, 2.05) is 30.3 Å². The lowest BCUT2D eigenvalue weighted by molar-refractivity contribution is -0.153. The van der Waals surface area contributed by atoms with Gasteiger partial charge in [-0.3, -0.25) is 4.79 Å². The summed E-state index contributed by atoms with van der Waals surface area (Å²) in [5.74, 6) is -0.807. The molecule has 0 aliphatic carbocycles. The van der Waals surface area contributed by atoms with Crippen molar-refractivity contribution in [2.75, 3.05) is 0 Å². The van der Waals surface area contributed by atoms with Gasteiger partial charge < -0.3 is 9.64 Å². The van der Waals surface area contributed by atoms with E-state index in [1.165, 1.54) is 17.0 Å². The molecule has 0 N–H and O–H groups in total. The molecule has 1 unspecified atom stereocenters. The number of benzene rings is 2. The monoisotopic (exact) mass is 327 g/mol. The highest BCUT2D eigenvalue weighted by Crippen LogP contribution is 2.23. The Bertz CT molecular complexity index is 715. The van der Waals surface area contributed by atoms with Gasteiger partial charge in [0.15, 0.2) is 0 Å². The highest BCUT2D eigenvalue weighted by Gasteiger charge is 2.37. The summed E-state index contributed by atoms with van der Waals surface area (Å²) in [4.78, 5) is 25.9. The summed E-state index contributed by atoms with van der Waals surface area (Å²) in [6.45, 7) is 0.471. The maximum atomic E-state index is 13.0. The molecule has 0 aromatic heterocycles. The molecule has 1 atom stereocenters.